The van der Waals surface area contributed by atoms with Gasteiger partial charge < -0.3 is 9.88 Å². The molecule has 1 saturated carbocycles. The summed E-state index contributed by atoms with van der Waals surface area (Å²) in [6, 6.07) is -0.770. The lowest BCUT2D eigenvalue weighted by Gasteiger charge is -2.20. The molecule has 3 rings (SSSR count). The molecule has 2 heterocycles. The Kier molecular flexibility index (Phi) is 5.28. The van der Waals surface area contributed by atoms with Crippen molar-refractivity contribution in [2.45, 2.75) is 57.8 Å². The number of carbonyl (C=O) groups excluding carboxylic acids is 1. The van der Waals surface area contributed by atoms with E-state index in [1.54, 1.807) is 0 Å². The van der Waals surface area contributed by atoms with E-state index in [0.29, 0.717) is 18.9 Å². The molecule has 10 heteroatoms. The molecule has 1 amide bonds. The quantitative estimate of drug-likeness (QED) is 0.847. The first-order valence-corrected chi connectivity index (χ1v) is 8.68. The van der Waals surface area contributed by atoms with Crippen LogP contribution >= 0.6 is 0 Å². The number of imidazole rings is 1. The fourth-order valence-corrected chi connectivity index (χ4v) is 3.30. The van der Waals surface area contributed by atoms with E-state index in [9.17, 15) is 18.0 Å². The Balaban J connectivity index is 1.79. The number of amides is 1. The van der Waals surface area contributed by atoms with Crippen LogP contribution in [0.3, 0.4) is 0 Å². The topological polar surface area (TPSA) is 77.6 Å². The minimum absolute atomic E-state index is 0.282. The SMILES string of the molecule is CCn1ncc(NC(=O)[C@H](CC2CCCC2)n2cnc(C(F)(F)F)c2)n1. The van der Waals surface area contributed by atoms with Crippen molar-refractivity contribution in [3.05, 3.63) is 24.4 Å². The second-order valence-corrected chi connectivity index (χ2v) is 6.51. The van der Waals surface area contributed by atoms with Crippen molar-refractivity contribution in [1.29, 1.82) is 0 Å². The standard InChI is InChI=1S/C16H21F3N6O/c1-2-25-21-8-14(23-25)22-15(26)12(7-11-5-3-4-6-11)24-9-13(20-10-24)16(17,18)19/h8-12H,2-7H2,1H3,(H,22,23,26)/t12-/m0/s1. The van der Waals surface area contributed by atoms with Gasteiger partial charge in [-0.25, -0.2) is 4.98 Å². The second-order valence-electron chi connectivity index (χ2n) is 6.51. The van der Waals surface area contributed by atoms with Gasteiger partial charge >= 0.3 is 6.18 Å². The third-order valence-electron chi connectivity index (χ3n) is 4.66. The van der Waals surface area contributed by atoms with Crippen LogP contribution in [0, 0.1) is 5.92 Å². The molecule has 142 valence electrons. The number of hydrogen-bond donors (Lipinski definition) is 1. The average Bonchev–Trinajstić information content (AvgIpc) is 3.32. The largest absolute Gasteiger partial charge is 0.434 e. The Morgan fingerprint density at radius 3 is 2.69 bits per heavy atom. The predicted octanol–water partition coefficient (Wildman–Crippen LogP) is 3.27. The number of halogens is 3. The van der Waals surface area contributed by atoms with E-state index in [1.165, 1.54) is 15.6 Å². The molecule has 1 N–H and O–H groups in total. The summed E-state index contributed by atoms with van der Waals surface area (Å²) in [7, 11) is 0. The van der Waals surface area contributed by atoms with Gasteiger partial charge in [0.1, 0.15) is 6.04 Å². The summed E-state index contributed by atoms with van der Waals surface area (Å²) in [6.07, 6.45) is 3.46. The van der Waals surface area contributed by atoms with Crippen LogP contribution in [-0.2, 0) is 17.5 Å². The number of carbonyl (C=O) groups is 1. The summed E-state index contributed by atoms with van der Waals surface area (Å²) >= 11 is 0. The van der Waals surface area contributed by atoms with Gasteiger partial charge in [0, 0.05) is 6.20 Å². The maximum absolute atomic E-state index is 12.9. The van der Waals surface area contributed by atoms with E-state index in [1.807, 2.05) is 6.92 Å². The van der Waals surface area contributed by atoms with Gasteiger partial charge in [-0.15, -0.1) is 5.10 Å². The third kappa shape index (κ3) is 4.23. The number of hydrogen-bond acceptors (Lipinski definition) is 4. The first-order chi connectivity index (χ1) is 12.4. The molecule has 0 radical (unpaired) electrons. The van der Waals surface area contributed by atoms with Crippen LogP contribution in [0.15, 0.2) is 18.7 Å². The normalized spacial score (nSPS) is 16.8. The molecular formula is C16H21F3N6O. The van der Waals surface area contributed by atoms with Gasteiger partial charge in [-0.05, 0) is 19.3 Å². The number of alkyl halides is 3. The van der Waals surface area contributed by atoms with Crippen LogP contribution in [0.2, 0.25) is 0 Å². The Morgan fingerprint density at radius 2 is 2.12 bits per heavy atom. The Hall–Kier alpha value is -2.39. The smallest absolute Gasteiger partial charge is 0.324 e. The van der Waals surface area contributed by atoms with Crippen molar-refractivity contribution in [3.8, 4) is 0 Å². The molecule has 0 unspecified atom stereocenters. The van der Waals surface area contributed by atoms with Gasteiger partial charge in [0.05, 0.1) is 19.1 Å². The second kappa shape index (κ2) is 7.46. The molecule has 0 bridgehead atoms. The van der Waals surface area contributed by atoms with E-state index >= 15 is 0 Å². The fraction of sp³-hybridized carbons (Fsp3) is 0.625. The molecule has 2 aromatic rings. The monoisotopic (exact) mass is 370 g/mol. The lowest BCUT2D eigenvalue weighted by atomic mass is 9.97. The first kappa shape index (κ1) is 18.4. The maximum atomic E-state index is 12.9. The third-order valence-corrected chi connectivity index (χ3v) is 4.66. The van der Waals surface area contributed by atoms with E-state index in [4.69, 9.17) is 0 Å². The highest BCUT2D eigenvalue weighted by Gasteiger charge is 2.35. The highest BCUT2D eigenvalue weighted by Crippen LogP contribution is 2.34. The maximum Gasteiger partial charge on any atom is 0.434 e. The Bertz CT molecular complexity index is 747. The summed E-state index contributed by atoms with van der Waals surface area (Å²) in [5.74, 6) is 0.185. The lowest BCUT2D eigenvalue weighted by Crippen LogP contribution is -2.27. The van der Waals surface area contributed by atoms with Gasteiger partial charge in [0.25, 0.3) is 0 Å². The molecule has 1 aliphatic rings. The molecule has 26 heavy (non-hydrogen) atoms. The number of aryl methyl sites for hydroxylation is 1. The van der Waals surface area contributed by atoms with Crippen LogP contribution in [0.4, 0.5) is 19.0 Å². The zero-order valence-electron chi connectivity index (χ0n) is 14.4. The van der Waals surface area contributed by atoms with Gasteiger partial charge in [0.2, 0.25) is 5.91 Å². The Labute approximate surface area is 148 Å². The van der Waals surface area contributed by atoms with Crippen LogP contribution in [0.25, 0.3) is 0 Å². The van der Waals surface area contributed by atoms with E-state index in [0.717, 1.165) is 38.2 Å². The number of rotatable bonds is 6. The summed E-state index contributed by atoms with van der Waals surface area (Å²) < 4.78 is 39.8. The van der Waals surface area contributed by atoms with Crippen molar-refractivity contribution in [3.63, 3.8) is 0 Å². The molecule has 2 aromatic heterocycles. The van der Waals surface area contributed by atoms with Crippen LogP contribution in [0.5, 0.6) is 0 Å². The Morgan fingerprint density at radius 1 is 1.38 bits per heavy atom. The summed E-state index contributed by atoms with van der Waals surface area (Å²) in [6.45, 7) is 2.41. The zero-order chi connectivity index (χ0) is 18.7. The summed E-state index contributed by atoms with van der Waals surface area (Å²) in [4.78, 5) is 17.6. The highest BCUT2D eigenvalue weighted by molar-refractivity contribution is 5.92. The van der Waals surface area contributed by atoms with Gasteiger partial charge in [-0.1, -0.05) is 25.7 Å². The zero-order valence-corrected chi connectivity index (χ0v) is 14.4. The minimum atomic E-state index is -4.54. The number of nitrogens with zero attached hydrogens (tertiary/aromatic N) is 5. The summed E-state index contributed by atoms with van der Waals surface area (Å²) in [5, 5.41) is 10.7. The predicted molar refractivity (Wildman–Crippen MR) is 87.2 cm³/mol. The summed E-state index contributed by atoms with van der Waals surface area (Å²) in [5.41, 5.74) is -1.00. The number of aromatic nitrogens is 5. The van der Waals surface area contributed by atoms with Crippen molar-refractivity contribution in [1.82, 2.24) is 24.5 Å². The fourth-order valence-electron chi connectivity index (χ4n) is 3.30. The van der Waals surface area contributed by atoms with Crippen molar-refractivity contribution in [2.75, 3.05) is 5.32 Å². The average molecular weight is 370 g/mol. The van der Waals surface area contributed by atoms with Crippen LogP contribution in [-0.4, -0.2) is 30.5 Å². The van der Waals surface area contributed by atoms with Gasteiger partial charge in [-0.3, -0.25) is 4.79 Å². The van der Waals surface area contributed by atoms with Crippen molar-refractivity contribution < 1.29 is 18.0 Å². The van der Waals surface area contributed by atoms with E-state index in [-0.39, 0.29) is 5.82 Å². The molecule has 7 nitrogen and oxygen atoms in total. The van der Waals surface area contributed by atoms with Crippen LogP contribution in [0.1, 0.15) is 50.8 Å². The molecule has 0 aliphatic heterocycles. The molecule has 1 aliphatic carbocycles. The van der Waals surface area contributed by atoms with E-state index in [2.05, 4.69) is 20.5 Å². The first-order valence-electron chi connectivity index (χ1n) is 8.68. The molecule has 1 atom stereocenters. The highest BCUT2D eigenvalue weighted by atomic mass is 19.4. The van der Waals surface area contributed by atoms with Crippen molar-refractivity contribution in [2.24, 2.45) is 5.92 Å². The van der Waals surface area contributed by atoms with E-state index < -0.39 is 23.8 Å². The van der Waals surface area contributed by atoms with Gasteiger partial charge in [0.15, 0.2) is 11.5 Å². The van der Waals surface area contributed by atoms with Crippen molar-refractivity contribution >= 4 is 11.7 Å². The van der Waals surface area contributed by atoms with Crippen LogP contribution < -0.4 is 5.32 Å². The molecule has 0 aromatic carbocycles. The molecule has 1 fully saturated rings. The minimum Gasteiger partial charge on any atom is -0.324 e. The van der Waals surface area contributed by atoms with Gasteiger partial charge in [-0.2, -0.15) is 23.1 Å². The lowest BCUT2D eigenvalue weighted by molar-refractivity contribution is -0.141. The number of nitrogens with one attached hydrogen (secondary N) is 1. The molecule has 0 spiro atoms. The number of anilines is 1. The molecule has 0 saturated heterocycles. The molecular weight excluding hydrogens is 349 g/mol.